The molecule has 8 heteroatoms. The molecule has 0 rings (SSSR count). The van der Waals surface area contributed by atoms with E-state index in [1.165, 1.54) is 0 Å². The van der Waals surface area contributed by atoms with Crippen LogP contribution in [0.5, 0.6) is 0 Å². The average molecular weight is 394 g/mol. The first-order chi connectivity index (χ1) is 12.3. The summed E-state index contributed by atoms with van der Waals surface area (Å²) in [6.07, 6.45) is -0.0292. The lowest BCUT2D eigenvalue weighted by Crippen LogP contribution is -2.63. The molecule has 2 unspecified atom stereocenters. The number of carbonyl (C=O) groups is 1. The number of hydrogen-bond acceptors (Lipinski definition) is 5. The van der Waals surface area contributed by atoms with Gasteiger partial charge in [-0.25, -0.2) is 4.79 Å². The van der Waals surface area contributed by atoms with Crippen LogP contribution in [0.1, 0.15) is 61.8 Å². The predicted octanol–water partition coefficient (Wildman–Crippen LogP) is 3.30. The van der Waals surface area contributed by atoms with Crippen molar-refractivity contribution in [1.29, 1.82) is 0 Å². The van der Waals surface area contributed by atoms with Crippen molar-refractivity contribution >= 4 is 14.9 Å². The van der Waals surface area contributed by atoms with Crippen LogP contribution < -0.4 is 5.32 Å². The van der Waals surface area contributed by atoms with E-state index < -0.39 is 14.9 Å². The highest BCUT2D eigenvalue weighted by Crippen LogP contribution is 2.19. The van der Waals surface area contributed by atoms with Gasteiger partial charge >= 0.3 is 14.9 Å². The molecule has 1 N–H and O–H groups in total. The van der Waals surface area contributed by atoms with Crippen LogP contribution in [0.15, 0.2) is 0 Å². The molecule has 7 nitrogen and oxygen atoms in total. The Morgan fingerprint density at radius 1 is 0.885 bits per heavy atom. The second-order valence-corrected chi connectivity index (χ2v) is 8.95. The van der Waals surface area contributed by atoms with Crippen molar-refractivity contribution < 1.29 is 27.3 Å². The number of ether oxygens (including phenoxy) is 1. The van der Waals surface area contributed by atoms with Gasteiger partial charge in [0.15, 0.2) is 0 Å². The van der Waals surface area contributed by atoms with Crippen LogP contribution in [0.4, 0.5) is 4.79 Å². The Morgan fingerprint density at radius 3 is 1.62 bits per heavy atom. The molecule has 0 heterocycles. The molecule has 1 amide bonds. The Bertz CT molecular complexity index is 368. The maximum Gasteiger partial charge on any atom is 0.524 e. The summed E-state index contributed by atoms with van der Waals surface area (Å²) in [5.74, 6) is 0. The highest BCUT2D eigenvalue weighted by molar-refractivity contribution is 6.62. The topological polar surface area (TPSA) is 66.0 Å². The summed E-state index contributed by atoms with van der Waals surface area (Å²) in [6.45, 7) is 20.2. The van der Waals surface area contributed by atoms with Gasteiger partial charge < -0.3 is 23.3 Å². The molecule has 0 spiro atoms. The van der Waals surface area contributed by atoms with Gasteiger partial charge in [0.1, 0.15) is 5.67 Å². The maximum absolute atomic E-state index is 12.6. The quantitative estimate of drug-likeness (QED) is 0.279. The Balaban J connectivity index is 5.24. The molecule has 0 aliphatic heterocycles. The second-order valence-electron chi connectivity index (χ2n) is 6.18. The molecular weight excluding hydrogens is 352 g/mol. The summed E-state index contributed by atoms with van der Waals surface area (Å²) < 4.78 is 24.2. The summed E-state index contributed by atoms with van der Waals surface area (Å²) in [6, 6.07) is 0. The molecule has 0 bridgehead atoms. The Morgan fingerprint density at radius 2 is 1.31 bits per heavy atom. The molecular formula is C18H41N2O5Si+. The van der Waals surface area contributed by atoms with E-state index in [0.29, 0.717) is 26.2 Å². The van der Waals surface area contributed by atoms with E-state index in [1.54, 1.807) is 0 Å². The van der Waals surface area contributed by atoms with Crippen LogP contribution in [0, 0.1) is 0 Å². The van der Waals surface area contributed by atoms with Gasteiger partial charge in [-0.2, -0.15) is 0 Å². The summed E-state index contributed by atoms with van der Waals surface area (Å²) in [5.41, 5.74) is -0.339. The molecule has 0 fully saturated rings. The van der Waals surface area contributed by atoms with Gasteiger partial charge in [-0.05, 0) is 48.0 Å². The number of nitrogens with one attached hydrogen (secondary N) is 1. The van der Waals surface area contributed by atoms with Crippen LogP contribution >= 0.6 is 0 Å². The molecule has 0 aromatic rings. The van der Waals surface area contributed by atoms with Gasteiger partial charge in [0.2, 0.25) is 6.23 Å². The lowest BCUT2D eigenvalue weighted by molar-refractivity contribution is -0.962. The standard InChI is InChI=1S/C18H40N2O5Si/c1-9-17(26(22-13-5,23-14-6)24-15-7)19-18(21)25-16(8)20(10-2,11-3)12-4/h16-17H,9-15H2,1-8H3/p+1. The van der Waals surface area contributed by atoms with Gasteiger partial charge in [0, 0.05) is 26.7 Å². The number of rotatable bonds is 14. The molecule has 2 atom stereocenters. The van der Waals surface area contributed by atoms with E-state index >= 15 is 0 Å². The molecule has 0 aliphatic carbocycles. The molecule has 0 aromatic carbocycles. The van der Waals surface area contributed by atoms with Crippen molar-refractivity contribution in [3.05, 3.63) is 0 Å². The average Bonchev–Trinajstić information content (AvgIpc) is 2.62. The maximum atomic E-state index is 12.6. The second kappa shape index (κ2) is 12.7. The Kier molecular flexibility index (Phi) is 12.3. The number of carbonyl (C=O) groups excluding carboxylic acids is 1. The third-order valence-corrected chi connectivity index (χ3v) is 8.58. The van der Waals surface area contributed by atoms with Crippen LogP contribution in [-0.2, 0) is 18.0 Å². The van der Waals surface area contributed by atoms with Gasteiger partial charge in [0.05, 0.1) is 19.6 Å². The van der Waals surface area contributed by atoms with Gasteiger partial charge in [0.25, 0.3) is 0 Å². The van der Waals surface area contributed by atoms with Crippen LogP contribution in [-0.4, -0.2) is 70.7 Å². The number of nitrogens with zero attached hydrogens (tertiary/aromatic N) is 1. The predicted molar refractivity (Wildman–Crippen MR) is 106 cm³/mol. The summed E-state index contributed by atoms with van der Waals surface area (Å²) >= 11 is 0. The minimum Gasteiger partial charge on any atom is -0.397 e. The number of quaternary nitrogens is 1. The van der Waals surface area contributed by atoms with Gasteiger partial charge in [-0.15, -0.1) is 0 Å². The summed E-state index contributed by atoms with van der Waals surface area (Å²) in [7, 11) is -3.03. The Labute approximate surface area is 161 Å². The first-order valence-corrected chi connectivity index (χ1v) is 11.9. The molecule has 26 heavy (non-hydrogen) atoms. The molecule has 0 saturated heterocycles. The highest BCUT2D eigenvalue weighted by atomic mass is 28.4. The summed E-state index contributed by atoms with van der Waals surface area (Å²) in [5, 5.41) is 2.95. The fourth-order valence-corrected chi connectivity index (χ4v) is 6.21. The largest absolute Gasteiger partial charge is 0.524 e. The third kappa shape index (κ3) is 6.49. The molecule has 0 saturated carbocycles. The normalized spacial score (nSPS) is 14.8. The van der Waals surface area contributed by atoms with Crippen molar-refractivity contribution in [2.75, 3.05) is 39.5 Å². The van der Waals surface area contributed by atoms with Crippen molar-refractivity contribution in [2.24, 2.45) is 0 Å². The number of hydrogen-bond donors (Lipinski definition) is 1. The third-order valence-electron chi connectivity index (χ3n) is 5.10. The van der Waals surface area contributed by atoms with E-state index in [4.69, 9.17) is 18.0 Å². The lowest BCUT2D eigenvalue weighted by atomic mass is 10.3. The van der Waals surface area contributed by atoms with Crippen LogP contribution in [0.2, 0.25) is 0 Å². The van der Waals surface area contributed by atoms with E-state index in [0.717, 1.165) is 24.1 Å². The van der Waals surface area contributed by atoms with E-state index in [-0.39, 0.29) is 11.9 Å². The van der Waals surface area contributed by atoms with E-state index in [9.17, 15) is 4.79 Å². The molecule has 0 aliphatic rings. The van der Waals surface area contributed by atoms with Crippen molar-refractivity contribution in [1.82, 2.24) is 5.32 Å². The molecule has 0 aromatic heterocycles. The van der Waals surface area contributed by atoms with Crippen molar-refractivity contribution in [3.8, 4) is 0 Å². The SMILES string of the molecule is CCO[Si](OCC)(OCC)C(CC)NC(=O)OC(C)[N+](CC)(CC)CC. The van der Waals surface area contributed by atoms with Crippen molar-refractivity contribution in [2.45, 2.75) is 73.7 Å². The first-order valence-electron chi connectivity index (χ1n) is 10.1. The summed E-state index contributed by atoms with van der Waals surface area (Å²) in [4.78, 5) is 12.6. The highest BCUT2D eigenvalue weighted by Gasteiger charge is 2.50. The molecule has 156 valence electrons. The smallest absolute Gasteiger partial charge is 0.397 e. The van der Waals surface area contributed by atoms with E-state index in [2.05, 4.69) is 26.1 Å². The number of alkyl carbamates (subject to hydrolysis) is 1. The van der Waals surface area contributed by atoms with Gasteiger partial charge in [-0.3, -0.25) is 4.48 Å². The fourth-order valence-electron chi connectivity index (χ4n) is 3.36. The lowest BCUT2D eigenvalue weighted by Gasteiger charge is -2.40. The minimum absolute atomic E-state index is 0.227. The Hall–Kier alpha value is -0.673. The zero-order valence-electron chi connectivity index (χ0n) is 18.1. The first kappa shape index (κ1) is 25.3. The minimum atomic E-state index is -3.03. The van der Waals surface area contributed by atoms with Gasteiger partial charge in [-0.1, -0.05) is 6.92 Å². The van der Waals surface area contributed by atoms with Crippen LogP contribution in [0.3, 0.4) is 0 Å². The molecule has 0 radical (unpaired) electrons. The van der Waals surface area contributed by atoms with E-state index in [1.807, 2.05) is 34.6 Å². The fraction of sp³-hybridized carbons (Fsp3) is 0.944. The zero-order valence-corrected chi connectivity index (χ0v) is 19.1. The van der Waals surface area contributed by atoms with Crippen LogP contribution in [0.25, 0.3) is 0 Å². The number of amides is 1. The monoisotopic (exact) mass is 393 g/mol. The van der Waals surface area contributed by atoms with Crippen molar-refractivity contribution in [3.63, 3.8) is 0 Å². The zero-order chi connectivity index (χ0) is 20.2.